The van der Waals surface area contributed by atoms with Crippen LogP contribution >= 0.6 is 0 Å². The van der Waals surface area contributed by atoms with Gasteiger partial charge in [0.15, 0.2) is 0 Å². The van der Waals surface area contributed by atoms with E-state index in [2.05, 4.69) is 15.3 Å². The van der Waals surface area contributed by atoms with Gasteiger partial charge in [-0.15, -0.1) is 0 Å². The van der Waals surface area contributed by atoms with Crippen LogP contribution in [-0.4, -0.2) is 32.5 Å². The van der Waals surface area contributed by atoms with Crippen molar-refractivity contribution < 1.29 is 8.42 Å². The molecule has 6 nitrogen and oxygen atoms in total. The highest BCUT2D eigenvalue weighted by atomic mass is 32.2. The Kier molecular flexibility index (Phi) is 3.66. The summed E-state index contributed by atoms with van der Waals surface area (Å²) in [5.74, 6) is 0.323. The molecule has 19 heavy (non-hydrogen) atoms. The van der Waals surface area contributed by atoms with Gasteiger partial charge < -0.3 is 5.32 Å². The number of aromatic nitrogens is 2. The number of hydrogen-bond donors (Lipinski definition) is 1. The lowest BCUT2D eigenvalue weighted by atomic mass is 10.4. The van der Waals surface area contributed by atoms with Crippen LogP contribution in [0, 0.1) is 0 Å². The van der Waals surface area contributed by atoms with Gasteiger partial charge in [0.25, 0.3) is 10.0 Å². The summed E-state index contributed by atoms with van der Waals surface area (Å²) in [7, 11) is -0.524. The number of nitrogens with one attached hydrogen (secondary N) is 1. The standard InChI is InChI=1S/C12H14N4O2S/c1-13-12-11(4-3-7-15-12)19(17,18)16(2)10-5-8-14-9-6-10/h3-9H,1-2H3,(H,13,15). The number of sulfonamides is 1. The van der Waals surface area contributed by atoms with Gasteiger partial charge in [0.05, 0.1) is 5.69 Å². The third-order valence-corrected chi connectivity index (χ3v) is 4.49. The van der Waals surface area contributed by atoms with E-state index >= 15 is 0 Å². The Morgan fingerprint density at radius 1 is 1.16 bits per heavy atom. The quantitative estimate of drug-likeness (QED) is 0.913. The van der Waals surface area contributed by atoms with E-state index in [0.717, 1.165) is 0 Å². The molecule has 2 aromatic rings. The Bertz CT molecular complexity index is 658. The first kappa shape index (κ1) is 13.3. The molecule has 0 atom stereocenters. The number of anilines is 2. The van der Waals surface area contributed by atoms with Crippen molar-refractivity contribution in [3.8, 4) is 0 Å². The summed E-state index contributed by atoms with van der Waals surface area (Å²) in [5.41, 5.74) is 0.543. The van der Waals surface area contributed by atoms with E-state index in [0.29, 0.717) is 11.5 Å². The van der Waals surface area contributed by atoms with Crippen molar-refractivity contribution in [2.24, 2.45) is 0 Å². The van der Waals surface area contributed by atoms with Crippen LogP contribution in [0.4, 0.5) is 11.5 Å². The molecule has 7 heteroatoms. The molecule has 0 aliphatic rings. The van der Waals surface area contributed by atoms with E-state index in [9.17, 15) is 8.42 Å². The van der Waals surface area contributed by atoms with Crippen molar-refractivity contribution >= 4 is 21.5 Å². The summed E-state index contributed by atoms with van der Waals surface area (Å²) >= 11 is 0. The molecule has 0 spiro atoms. The highest BCUT2D eigenvalue weighted by Crippen LogP contribution is 2.25. The molecule has 0 bridgehead atoms. The van der Waals surface area contributed by atoms with Crippen molar-refractivity contribution in [2.45, 2.75) is 4.90 Å². The first-order chi connectivity index (χ1) is 9.07. The van der Waals surface area contributed by atoms with Gasteiger partial charge in [-0.2, -0.15) is 0 Å². The predicted octanol–water partition coefficient (Wildman–Crippen LogP) is 1.34. The highest BCUT2D eigenvalue weighted by Gasteiger charge is 2.24. The Morgan fingerprint density at radius 2 is 1.84 bits per heavy atom. The monoisotopic (exact) mass is 278 g/mol. The third-order valence-electron chi connectivity index (χ3n) is 2.67. The van der Waals surface area contributed by atoms with Crippen molar-refractivity contribution in [2.75, 3.05) is 23.7 Å². The maximum atomic E-state index is 12.5. The third kappa shape index (κ3) is 2.50. The molecule has 2 rings (SSSR count). The van der Waals surface area contributed by atoms with Crippen molar-refractivity contribution in [1.29, 1.82) is 0 Å². The van der Waals surface area contributed by atoms with Gasteiger partial charge in [0, 0.05) is 32.7 Å². The molecule has 2 heterocycles. The van der Waals surface area contributed by atoms with Crippen molar-refractivity contribution in [1.82, 2.24) is 9.97 Å². The van der Waals surface area contributed by atoms with Crippen LogP contribution in [0.5, 0.6) is 0 Å². The fourth-order valence-electron chi connectivity index (χ4n) is 1.63. The molecule has 0 fully saturated rings. The summed E-state index contributed by atoms with van der Waals surface area (Å²) < 4.78 is 26.3. The van der Waals surface area contributed by atoms with Crippen molar-refractivity contribution in [3.05, 3.63) is 42.9 Å². The Hall–Kier alpha value is -2.15. The average molecular weight is 278 g/mol. The molecule has 1 N–H and O–H groups in total. The zero-order valence-corrected chi connectivity index (χ0v) is 11.4. The van der Waals surface area contributed by atoms with E-state index in [1.807, 2.05) is 0 Å². The summed E-state index contributed by atoms with van der Waals surface area (Å²) in [6, 6.07) is 6.37. The zero-order valence-electron chi connectivity index (χ0n) is 10.6. The van der Waals surface area contributed by atoms with Crippen LogP contribution in [0.1, 0.15) is 0 Å². The lowest BCUT2D eigenvalue weighted by Gasteiger charge is -2.20. The minimum absolute atomic E-state index is 0.136. The molecule has 0 saturated carbocycles. The molecule has 0 aromatic carbocycles. The topological polar surface area (TPSA) is 75.2 Å². The van der Waals surface area contributed by atoms with Gasteiger partial charge in [0.2, 0.25) is 0 Å². The minimum Gasteiger partial charge on any atom is -0.372 e. The molecular weight excluding hydrogens is 264 g/mol. The Balaban J connectivity index is 2.48. The van der Waals surface area contributed by atoms with E-state index < -0.39 is 10.0 Å². The van der Waals surface area contributed by atoms with Crippen LogP contribution in [0.25, 0.3) is 0 Å². The molecule has 0 saturated heterocycles. The van der Waals surface area contributed by atoms with Crippen LogP contribution in [0.2, 0.25) is 0 Å². The predicted molar refractivity (Wildman–Crippen MR) is 73.6 cm³/mol. The largest absolute Gasteiger partial charge is 0.372 e. The number of nitrogens with zero attached hydrogens (tertiary/aromatic N) is 3. The average Bonchev–Trinajstić information content (AvgIpc) is 2.47. The first-order valence-corrected chi connectivity index (χ1v) is 7.03. The number of pyridine rings is 2. The zero-order chi connectivity index (χ0) is 13.9. The SMILES string of the molecule is CNc1ncccc1S(=O)(=O)N(C)c1ccncc1. The number of hydrogen-bond acceptors (Lipinski definition) is 5. The van der Waals surface area contributed by atoms with Gasteiger partial charge in [-0.25, -0.2) is 13.4 Å². The molecule has 0 aliphatic heterocycles. The Morgan fingerprint density at radius 3 is 2.47 bits per heavy atom. The van der Waals surface area contributed by atoms with Gasteiger partial charge in [-0.05, 0) is 24.3 Å². The van der Waals surface area contributed by atoms with Crippen LogP contribution in [0.3, 0.4) is 0 Å². The summed E-state index contributed by atoms with van der Waals surface area (Å²) in [6.45, 7) is 0. The van der Waals surface area contributed by atoms with Gasteiger partial charge in [-0.1, -0.05) is 0 Å². The van der Waals surface area contributed by atoms with Gasteiger partial charge in [-0.3, -0.25) is 9.29 Å². The molecule has 2 aromatic heterocycles. The fourth-order valence-corrected chi connectivity index (χ4v) is 2.97. The normalized spacial score (nSPS) is 11.1. The maximum Gasteiger partial charge on any atom is 0.267 e. The second-order valence-corrected chi connectivity index (χ2v) is 5.72. The first-order valence-electron chi connectivity index (χ1n) is 5.59. The van der Waals surface area contributed by atoms with Crippen LogP contribution < -0.4 is 9.62 Å². The van der Waals surface area contributed by atoms with E-state index in [1.165, 1.54) is 23.6 Å². The molecule has 0 radical (unpaired) electrons. The molecule has 0 aliphatic carbocycles. The smallest absolute Gasteiger partial charge is 0.267 e. The molecule has 0 unspecified atom stereocenters. The number of rotatable bonds is 4. The summed E-state index contributed by atoms with van der Waals surface area (Å²) in [5, 5.41) is 2.78. The van der Waals surface area contributed by atoms with Gasteiger partial charge >= 0.3 is 0 Å². The van der Waals surface area contributed by atoms with E-state index in [4.69, 9.17) is 0 Å². The summed E-state index contributed by atoms with van der Waals surface area (Å²) in [6.07, 6.45) is 4.63. The second-order valence-electron chi connectivity index (χ2n) is 3.78. The Labute approximate surface area is 112 Å². The van der Waals surface area contributed by atoms with Crippen LogP contribution in [0.15, 0.2) is 47.8 Å². The highest BCUT2D eigenvalue weighted by molar-refractivity contribution is 7.93. The van der Waals surface area contributed by atoms with Crippen molar-refractivity contribution in [3.63, 3.8) is 0 Å². The maximum absolute atomic E-state index is 12.5. The second kappa shape index (κ2) is 5.23. The summed E-state index contributed by atoms with van der Waals surface area (Å²) in [4.78, 5) is 8.02. The molecule has 100 valence electrons. The van der Waals surface area contributed by atoms with E-state index in [-0.39, 0.29) is 4.90 Å². The molecular formula is C12H14N4O2S. The lowest BCUT2D eigenvalue weighted by molar-refractivity contribution is 0.594. The van der Waals surface area contributed by atoms with E-state index in [1.54, 1.807) is 37.6 Å². The molecule has 0 amide bonds. The lowest BCUT2D eigenvalue weighted by Crippen LogP contribution is -2.27. The fraction of sp³-hybridized carbons (Fsp3) is 0.167. The van der Waals surface area contributed by atoms with Gasteiger partial charge in [0.1, 0.15) is 10.7 Å². The van der Waals surface area contributed by atoms with Crippen LogP contribution in [-0.2, 0) is 10.0 Å². The minimum atomic E-state index is -3.65.